The van der Waals surface area contributed by atoms with Crippen molar-refractivity contribution in [3.05, 3.63) is 22.7 Å². The summed E-state index contributed by atoms with van der Waals surface area (Å²) in [5, 5.41) is 3.47. The molecule has 1 aromatic carbocycles. The van der Waals surface area contributed by atoms with Crippen molar-refractivity contribution in [1.82, 2.24) is 4.90 Å². The van der Waals surface area contributed by atoms with E-state index in [1.807, 2.05) is 18.2 Å². The number of likely N-dealkylation sites (tertiary alicyclic amines) is 1. The van der Waals surface area contributed by atoms with Crippen LogP contribution in [0.3, 0.4) is 0 Å². The zero-order valence-corrected chi connectivity index (χ0v) is 12.4. The number of amides is 2. The number of hydrogen-bond acceptors (Lipinski definition) is 3. The molecule has 2 rings (SSSR count). The fourth-order valence-electron chi connectivity index (χ4n) is 2.26. The number of hydrogen-bond donors (Lipinski definition) is 2. The molecular weight excluding hydrogens is 310 g/mol. The van der Waals surface area contributed by atoms with Crippen LogP contribution in [0, 0.1) is 0 Å². The number of nitrogens with zero attached hydrogens (tertiary/aromatic N) is 1. The Morgan fingerprint density at radius 1 is 1.47 bits per heavy atom. The number of primary amides is 1. The van der Waals surface area contributed by atoms with Crippen LogP contribution < -0.4 is 15.8 Å². The molecule has 104 valence electrons. The lowest BCUT2D eigenvalue weighted by atomic mass is 10.0. The Morgan fingerprint density at radius 3 is 2.74 bits per heavy atom. The van der Waals surface area contributed by atoms with Crippen molar-refractivity contribution < 1.29 is 9.53 Å². The highest BCUT2D eigenvalue weighted by atomic mass is 79.9. The maximum atomic E-state index is 11.1. The number of halogens is 1. The molecule has 1 saturated heterocycles. The Kier molecular flexibility index (Phi) is 4.52. The minimum Gasteiger partial charge on any atom is -0.495 e. The van der Waals surface area contributed by atoms with Gasteiger partial charge in [0, 0.05) is 23.6 Å². The second kappa shape index (κ2) is 6.14. The van der Waals surface area contributed by atoms with Gasteiger partial charge >= 0.3 is 6.03 Å². The second-order valence-corrected chi connectivity index (χ2v) is 5.50. The fraction of sp³-hybridized carbons (Fsp3) is 0.462. The molecule has 3 N–H and O–H groups in total. The number of anilines is 1. The number of carbonyl (C=O) groups is 1. The topological polar surface area (TPSA) is 67.6 Å². The van der Waals surface area contributed by atoms with E-state index in [-0.39, 0.29) is 6.03 Å². The van der Waals surface area contributed by atoms with Gasteiger partial charge in [-0.15, -0.1) is 0 Å². The Balaban J connectivity index is 1.99. The summed E-state index contributed by atoms with van der Waals surface area (Å²) < 4.78 is 6.34. The van der Waals surface area contributed by atoms with E-state index in [1.54, 1.807) is 12.0 Å². The highest BCUT2D eigenvalue weighted by Gasteiger charge is 2.21. The molecular formula is C13H18BrN3O2. The number of benzene rings is 1. The molecule has 2 amide bonds. The minimum atomic E-state index is -0.335. The quantitative estimate of drug-likeness (QED) is 0.895. The van der Waals surface area contributed by atoms with Crippen molar-refractivity contribution in [2.24, 2.45) is 5.73 Å². The molecule has 0 spiro atoms. The van der Waals surface area contributed by atoms with Gasteiger partial charge in [-0.2, -0.15) is 0 Å². The van der Waals surface area contributed by atoms with Crippen LogP contribution in [0.5, 0.6) is 5.75 Å². The van der Waals surface area contributed by atoms with Crippen LogP contribution in [0.25, 0.3) is 0 Å². The number of nitrogens with one attached hydrogen (secondary N) is 1. The number of piperidine rings is 1. The molecule has 0 bridgehead atoms. The van der Waals surface area contributed by atoms with E-state index in [2.05, 4.69) is 21.2 Å². The van der Waals surface area contributed by atoms with Gasteiger partial charge in [0.15, 0.2) is 0 Å². The van der Waals surface area contributed by atoms with Gasteiger partial charge in [0.2, 0.25) is 0 Å². The Hall–Kier alpha value is -1.43. The third-order valence-corrected chi connectivity index (χ3v) is 3.82. The zero-order chi connectivity index (χ0) is 13.8. The lowest BCUT2D eigenvalue weighted by Crippen LogP contribution is -2.44. The molecule has 1 heterocycles. The van der Waals surface area contributed by atoms with Crippen molar-refractivity contribution >= 4 is 27.6 Å². The normalized spacial score (nSPS) is 16.2. The largest absolute Gasteiger partial charge is 0.495 e. The molecule has 0 atom stereocenters. The van der Waals surface area contributed by atoms with E-state index in [1.165, 1.54) is 0 Å². The summed E-state index contributed by atoms with van der Waals surface area (Å²) in [6.07, 6.45) is 1.78. The average Bonchev–Trinajstić information content (AvgIpc) is 2.39. The summed E-state index contributed by atoms with van der Waals surface area (Å²) in [6.45, 7) is 1.40. The van der Waals surface area contributed by atoms with Gasteiger partial charge in [-0.1, -0.05) is 15.9 Å². The Bertz CT molecular complexity index is 459. The van der Waals surface area contributed by atoms with Gasteiger partial charge in [0.25, 0.3) is 0 Å². The monoisotopic (exact) mass is 327 g/mol. The minimum absolute atomic E-state index is 0.332. The predicted molar refractivity (Wildman–Crippen MR) is 78.5 cm³/mol. The van der Waals surface area contributed by atoms with Crippen LogP contribution >= 0.6 is 15.9 Å². The smallest absolute Gasteiger partial charge is 0.314 e. The lowest BCUT2D eigenvalue weighted by Gasteiger charge is -2.32. The number of rotatable bonds is 3. The highest BCUT2D eigenvalue weighted by molar-refractivity contribution is 9.10. The molecule has 0 aliphatic carbocycles. The maximum Gasteiger partial charge on any atom is 0.314 e. The first kappa shape index (κ1) is 14.0. The van der Waals surface area contributed by atoms with Crippen molar-refractivity contribution in [2.75, 3.05) is 25.5 Å². The highest BCUT2D eigenvalue weighted by Crippen LogP contribution is 2.29. The van der Waals surface area contributed by atoms with Crippen molar-refractivity contribution in [2.45, 2.75) is 18.9 Å². The molecule has 5 nitrogen and oxygen atoms in total. The maximum absolute atomic E-state index is 11.1. The lowest BCUT2D eigenvalue weighted by molar-refractivity contribution is 0.193. The van der Waals surface area contributed by atoms with Gasteiger partial charge in [0.05, 0.1) is 12.8 Å². The molecule has 19 heavy (non-hydrogen) atoms. The van der Waals surface area contributed by atoms with Gasteiger partial charge in [0.1, 0.15) is 5.75 Å². The van der Waals surface area contributed by atoms with Crippen molar-refractivity contribution in [3.8, 4) is 5.75 Å². The fourth-order valence-corrected chi connectivity index (χ4v) is 2.62. The first-order chi connectivity index (χ1) is 9.10. The first-order valence-electron chi connectivity index (χ1n) is 6.24. The van der Waals surface area contributed by atoms with Crippen molar-refractivity contribution in [1.29, 1.82) is 0 Å². The molecule has 0 radical (unpaired) electrons. The van der Waals surface area contributed by atoms with Crippen LogP contribution in [0.1, 0.15) is 12.8 Å². The number of ether oxygens (including phenoxy) is 1. The predicted octanol–water partition coefficient (Wildman–Crippen LogP) is 2.41. The summed E-state index contributed by atoms with van der Waals surface area (Å²) >= 11 is 3.45. The third-order valence-electron chi connectivity index (χ3n) is 3.33. The van der Waals surface area contributed by atoms with E-state index < -0.39 is 0 Å². The number of carbonyl (C=O) groups excluding carboxylic acids is 1. The van der Waals surface area contributed by atoms with E-state index in [0.29, 0.717) is 19.1 Å². The van der Waals surface area contributed by atoms with E-state index in [4.69, 9.17) is 10.5 Å². The summed E-state index contributed by atoms with van der Waals surface area (Å²) in [4.78, 5) is 12.7. The van der Waals surface area contributed by atoms with Crippen LogP contribution in [0.4, 0.5) is 10.5 Å². The number of urea groups is 1. The molecule has 0 unspecified atom stereocenters. The summed E-state index contributed by atoms with van der Waals surface area (Å²) in [6, 6.07) is 5.86. The molecule has 1 aliphatic heterocycles. The van der Waals surface area contributed by atoms with E-state index in [9.17, 15) is 4.79 Å². The zero-order valence-electron chi connectivity index (χ0n) is 10.9. The van der Waals surface area contributed by atoms with Gasteiger partial charge < -0.3 is 20.7 Å². The second-order valence-electron chi connectivity index (χ2n) is 4.59. The number of nitrogens with two attached hydrogens (primary N) is 1. The molecule has 6 heteroatoms. The SMILES string of the molecule is COc1ccc(Br)cc1NC1CCN(C(N)=O)CC1. The Morgan fingerprint density at radius 2 is 2.16 bits per heavy atom. The van der Waals surface area contributed by atoms with Gasteiger partial charge in [-0.05, 0) is 31.0 Å². The molecule has 0 aromatic heterocycles. The molecule has 1 fully saturated rings. The van der Waals surface area contributed by atoms with Gasteiger partial charge in [-0.3, -0.25) is 0 Å². The van der Waals surface area contributed by atoms with E-state index >= 15 is 0 Å². The van der Waals surface area contributed by atoms with Crippen LogP contribution in [0.2, 0.25) is 0 Å². The summed E-state index contributed by atoms with van der Waals surface area (Å²) in [7, 11) is 1.66. The molecule has 0 saturated carbocycles. The third kappa shape index (κ3) is 3.53. The summed E-state index contributed by atoms with van der Waals surface area (Å²) in [5.41, 5.74) is 6.24. The number of methoxy groups -OCH3 is 1. The summed E-state index contributed by atoms with van der Waals surface area (Å²) in [5.74, 6) is 0.820. The first-order valence-corrected chi connectivity index (χ1v) is 7.04. The van der Waals surface area contributed by atoms with Crippen molar-refractivity contribution in [3.63, 3.8) is 0 Å². The van der Waals surface area contributed by atoms with Gasteiger partial charge in [-0.25, -0.2) is 4.79 Å². The molecule has 1 aromatic rings. The Labute approximate surface area is 121 Å². The van der Waals surface area contributed by atoms with Crippen LogP contribution in [0.15, 0.2) is 22.7 Å². The average molecular weight is 328 g/mol. The molecule has 1 aliphatic rings. The van der Waals surface area contributed by atoms with Crippen LogP contribution in [-0.4, -0.2) is 37.2 Å². The van der Waals surface area contributed by atoms with Crippen LogP contribution in [-0.2, 0) is 0 Å². The standard InChI is InChI=1S/C13H18BrN3O2/c1-19-12-3-2-9(14)8-11(12)16-10-4-6-17(7-5-10)13(15)18/h2-3,8,10,16H,4-7H2,1H3,(H2,15,18). The van der Waals surface area contributed by atoms with E-state index in [0.717, 1.165) is 28.8 Å².